The summed E-state index contributed by atoms with van der Waals surface area (Å²) < 4.78 is 6.10. The number of carbonyl (C=O) groups is 1. The Balaban J connectivity index is 1.83. The zero-order valence-corrected chi connectivity index (χ0v) is 16.9. The first kappa shape index (κ1) is 22.1. The van der Waals surface area contributed by atoms with Crippen LogP contribution in [0.1, 0.15) is 65.7 Å². The second-order valence-electron chi connectivity index (χ2n) is 8.59. The van der Waals surface area contributed by atoms with Crippen LogP contribution < -0.4 is 0 Å². The van der Waals surface area contributed by atoms with Crippen molar-refractivity contribution in [3.05, 3.63) is 23.8 Å². The van der Waals surface area contributed by atoms with Crippen molar-refractivity contribution in [3.63, 3.8) is 0 Å². The van der Waals surface area contributed by atoms with Gasteiger partial charge in [0.15, 0.2) is 0 Å². The monoisotopic (exact) mass is 380 g/mol. The Bertz CT molecular complexity index is 537. The Kier molecular flexibility index (Phi) is 8.52. The van der Waals surface area contributed by atoms with Gasteiger partial charge in [-0.2, -0.15) is 0 Å². The van der Waals surface area contributed by atoms with Crippen LogP contribution in [0.25, 0.3) is 0 Å². The Hall–Kier alpha value is -1.17. The molecule has 0 aromatic rings. The summed E-state index contributed by atoms with van der Waals surface area (Å²) in [6, 6.07) is 0. The van der Waals surface area contributed by atoms with E-state index in [1.807, 2.05) is 19.1 Å². The summed E-state index contributed by atoms with van der Waals surface area (Å²) in [6.07, 6.45) is 10.4. The highest BCUT2D eigenvalue weighted by Gasteiger charge is 2.47. The number of fused-ring (bicyclic) bond motifs is 1. The molecular weight excluding hydrogens is 344 g/mol. The van der Waals surface area contributed by atoms with Gasteiger partial charge in [0.1, 0.15) is 0 Å². The summed E-state index contributed by atoms with van der Waals surface area (Å²) in [5, 5.41) is 29.5. The van der Waals surface area contributed by atoms with Gasteiger partial charge in [0.05, 0.1) is 24.4 Å². The molecule has 5 nitrogen and oxygen atoms in total. The predicted molar refractivity (Wildman–Crippen MR) is 105 cm³/mol. The van der Waals surface area contributed by atoms with Crippen LogP contribution in [0.2, 0.25) is 0 Å². The van der Waals surface area contributed by atoms with E-state index in [4.69, 9.17) is 9.84 Å². The molecule has 2 fully saturated rings. The summed E-state index contributed by atoms with van der Waals surface area (Å²) in [5.74, 6) is -0.275. The van der Waals surface area contributed by atoms with Gasteiger partial charge in [-0.3, -0.25) is 4.79 Å². The average molecular weight is 381 g/mol. The molecule has 1 heterocycles. The molecule has 1 unspecified atom stereocenters. The molecule has 2 rings (SSSR count). The van der Waals surface area contributed by atoms with Gasteiger partial charge in [0.2, 0.25) is 0 Å². The maximum Gasteiger partial charge on any atom is 0.303 e. The largest absolute Gasteiger partial charge is 0.481 e. The van der Waals surface area contributed by atoms with Crippen LogP contribution in [0, 0.1) is 17.8 Å². The Morgan fingerprint density at radius 3 is 2.67 bits per heavy atom. The minimum Gasteiger partial charge on any atom is -0.481 e. The lowest BCUT2D eigenvalue weighted by Crippen LogP contribution is -2.20. The first-order chi connectivity index (χ1) is 12.8. The second kappa shape index (κ2) is 10.4. The number of aliphatic carboxylic acids is 1. The Labute approximate surface area is 163 Å². The number of unbranched alkanes of at least 4 members (excludes halogenated alkanes) is 1. The van der Waals surface area contributed by atoms with E-state index in [1.165, 1.54) is 5.57 Å². The zero-order valence-electron chi connectivity index (χ0n) is 16.9. The van der Waals surface area contributed by atoms with Gasteiger partial charge >= 0.3 is 5.97 Å². The normalized spacial score (nSPS) is 32.4. The van der Waals surface area contributed by atoms with E-state index in [2.05, 4.69) is 19.9 Å². The van der Waals surface area contributed by atoms with Gasteiger partial charge in [0.25, 0.3) is 0 Å². The summed E-state index contributed by atoms with van der Waals surface area (Å²) in [5.41, 5.74) is 1.25. The first-order valence-electron chi connectivity index (χ1n) is 10.3. The smallest absolute Gasteiger partial charge is 0.303 e. The quantitative estimate of drug-likeness (QED) is 0.397. The van der Waals surface area contributed by atoms with Crippen molar-refractivity contribution in [2.75, 3.05) is 0 Å². The number of hydrogen-bond donors (Lipinski definition) is 3. The van der Waals surface area contributed by atoms with Gasteiger partial charge in [0, 0.05) is 18.8 Å². The van der Waals surface area contributed by atoms with Crippen LogP contribution in [0.15, 0.2) is 23.8 Å². The van der Waals surface area contributed by atoms with E-state index in [0.29, 0.717) is 18.8 Å². The molecule has 2 aliphatic rings. The molecule has 0 aromatic heterocycles. The van der Waals surface area contributed by atoms with E-state index in [9.17, 15) is 15.0 Å². The maximum atomic E-state index is 10.6. The van der Waals surface area contributed by atoms with Gasteiger partial charge in [-0.1, -0.05) is 37.1 Å². The number of aliphatic hydroxyl groups is 2. The summed E-state index contributed by atoms with van der Waals surface area (Å²) in [7, 11) is 0. The number of rotatable bonds is 10. The van der Waals surface area contributed by atoms with Crippen LogP contribution in [0.3, 0.4) is 0 Å². The molecule has 0 radical (unpaired) electrons. The molecule has 27 heavy (non-hydrogen) atoms. The molecule has 0 bridgehead atoms. The molecule has 1 saturated heterocycles. The molecule has 1 saturated carbocycles. The van der Waals surface area contributed by atoms with E-state index in [-0.39, 0.29) is 30.5 Å². The van der Waals surface area contributed by atoms with Gasteiger partial charge in [-0.25, -0.2) is 0 Å². The maximum absolute atomic E-state index is 10.6. The standard InChI is InChI=1S/C22H36O5/c1-14(2)8-9-15(3)19(23)11-10-17-18-12-16(6-4-5-7-22(25)26)27-21(18)13-20(17)24/h8,10-11,15-21,23-24H,4-7,9,12-13H2,1-3H3,(H,25,26)/t15?,16-,17-,18-,19-,20-,21+/m1/s1. The Morgan fingerprint density at radius 1 is 1.26 bits per heavy atom. The van der Waals surface area contributed by atoms with Crippen LogP contribution in [-0.4, -0.2) is 45.7 Å². The van der Waals surface area contributed by atoms with Crippen molar-refractivity contribution in [2.24, 2.45) is 17.8 Å². The highest BCUT2D eigenvalue weighted by atomic mass is 16.5. The third-order valence-corrected chi connectivity index (χ3v) is 5.97. The lowest BCUT2D eigenvalue weighted by Gasteiger charge is -2.19. The number of hydrogen-bond acceptors (Lipinski definition) is 4. The average Bonchev–Trinajstić information content (AvgIpc) is 3.10. The van der Waals surface area contributed by atoms with E-state index in [1.54, 1.807) is 0 Å². The molecule has 1 aliphatic heterocycles. The van der Waals surface area contributed by atoms with Crippen molar-refractivity contribution in [1.82, 2.24) is 0 Å². The summed E-state index contributed by atoms with van der Waals surface area (Å²) >= 11 is 0. The lowest BCUT2D eigenvalue weighted by atomic mass is 9.88. The van der Waals surface area contributed by atoms with Crippen LogP contribution >= 0.6 is 0 Å². The number of allylic oxidation sites excluding steroid dienone is 2. The molecule has 0 aromatic carbocycles. The fourth-order valence-electron chi connectivity index (χ4n) is 4.27. The van der Waals surface area contributed by atoms with Gasteiger partial charge in [-0.15, -0.1) is 0 Å². The molecule has 0 amide bonds. The Morgan fingerprint density at radius 2 is 2.00 bits per heavy atom. The van der Waals surface area contributed by atoms with E-state index < -0.39 is 18.2 Å². The SMILES string of the molecule is CC(C)=CCC(C)[C@H](O)C=C[C@@H]1[C@H]2C[C@@H](CCCCC(=O)O)O[C@H]2C[C@H]1O. The third kappa shape index (κ3) is 6.74. The summed E-state index contributed by atoms with van der Waals surface area (Å²) in [6.45, 7) is 6.15. The van der Waals surface area contributed by atoms with E-state index >= 15 is 0 Å². The lowest BCUT2D eigenvalue weighted by molar-refractivity contribution is -0.137. The van der Waals surface area contributed by atoms with Gasteiger partial charge in [-0.05, 0) is 51.4 Å². The number of aliphatic hydroxyl groups excluding tert-OH is 2. The second-order valence-corrected chi connectivity index (χ2v) is 8.59. The fourth-order valence-corrected chi connectivity index (χ4v) is 4.27. The minimum absolute atomic E-state index is 0.0318. The van der Waals surface area contributed by atoms with Crippen LogP contribution in [-0.2, 0) is 9.53 Å². The molecule has 1 aliphatic carbocycles. The first-order valence-corrected chi connectivity index (χ1v) is 10.3. The van der Waals surface area contributed by atoms with Crippen LogP contribution in [0.4, 0.5) is 0 Å². The minimum atomic E-state index is -0.745. The van der Waals surface area contributed by atoms with Crippen LogP contribution in [0.5, 0.6) is 0 Å². The van der Waals surface area contributed by atoms with Crippen molar-refractivity contribution in [3.8, 4) is 0 Å². The molecule has 5 heteroatoms. The van der Waals surface area contributed by atoms with Crippen molar-refractivity contribution in [1.29, 1.82) is 0 Å². The number of ether oxygens (including phenoxy) is 1. The molecule has 154 valence electrons. The molecule has 0 spiro atoms. The highest BCUT2D eigenvalue weighted by Crippen LogP contribution is 2.45. The fraction of sp³-hybridized carbons (Fsp3) is 0.773. The van der Waals surface area contributed by atoms with E-state index in [0.717, 1.165) is 25.7 Å². The number of carboxylic acids is 1. The highest BCUT2D eigenvalue weighted by molar-refractivity contribution is 5.66. The van der Waals surface area contributed by atoms with Gasteiger partial charge < -0.3 is 20.1 Å². The molecular formula is C22H36O5. The number of carboxylic acid groups (broad SMARTS) is 1. The van der Waals surface area contributed by atoms with Crippen molar-refractivity contribution >= 4 is 5.97 Å². The topological polar surface area (TPSA) is 87.0 Å². The van der Waals surface area contributed by atoms with Crippen molar-refractivity contribution in [2.45, 2.75) is 90.1 Å². The molecule has 3 N–H and O–H groups in total. The third-order valence-electron chi connectivity index (χ3n) is 5.97. The zero-order chi connectivity index (χ0) is 20.0. The molecule has 7 atom stereocenters. The predicted octanol–water partition coefficient (Wildman–Crippen LogP) is 3.70. The van der Waals surface area contributed by atoms with Crippen molar-refractivity contribution < 1.29 is 24.9 Å². The summed E-state index contributed by atoms with van der Waals surface area (Å²) in [4.78, 5) is 10.6.